The molecule has 1 amide bonds. The van der Waals surface area contributed by atoms with Crippen LogP contribution in [0.4, 0.5) is 13.9 Å². The van der Waals surface area contributed by atoms with Gasteiger partial charge in [0.05, 0.1) is 5.69 Å². The van der Waals surface area contributed by atoms with Crippen LogP contribution in [0.15, 0.2) is 42.5 Å². The first kappa shape index (κ1) is 19.1. The van der Waals surface area contributed by atoms with E-state index in [-0.39, 0.29) is 28.2 Å². The van der Waals surface area contributed by atoms with Gasteiger partial charge in [-0.2, -0.15) is 9.36 Å². The zero-order valence-corrected chi connectivity index (χ0v) is 16.3. The highest BCUT2D eigenvalue weighted by atomic mass is 35.5. The molecule has 4 rings (SSSR count). The first-order valence-electron chi connectivity index (χ1n) is 8.21. The maximum Gasteiger partial charge on any atom is 0.257 e. The van der Waals surface area contributed by atoms with Crippen LogP contribution in [0.1, 0.15) is 16.1 Å². The highest BCUT2D eigenvalue weighted by Gasteiger charge is 2.19. The van der Waals surface area contributed by atoms with Crippen molar-refractivity contribution in [1.82, 2.24) is 24.4 Å². The van der Waals surface area contributed by atoms with E-state index < -0.39 is 11.6 Å². The Labute approximate surface area is 172 Å². The van der Waals surface area contributed by atoms with Crippen LogP contribution in [0, 0.1) is 18.6 Å². The van der Waals surface area contributed by atoms with Crippen LogP contribution in [0.5, 0.6) is 0 Å². The Morgan fingerprint density at radius 3 is 2.69 bits per heavy atom. The zero-order chi connectivity index (χ0) is 20.5. The number of nitrogens with zero attached hydrogens (tertiary/aromatic N) is 5. The molecule has 0 bridgehead atoms. The molecule has 2 aromatic heterocycles. The van der Waals surface area contributed by atoms with E-state index in [9.17, 15) is 13.6 Å². The van der Waals surface area contributed by atoms with Gasteiger partial charge in [-0.05, 0) is 43.3 Å². The summed E-state index contributed by atoms with van der Waals surface area (Å²) in [5.41, 5.74) is 1.04. The Kier molecular flexibility index (Phi) is 5.03. The van der Waals surface area contributed by atoms with Gasteiger partial charge in [-0.25, -0.2) is 13.5 Å². The smallest absolute Gasteiger partial charge is 0.257 e. The molecule has 0 saturated heterocycles. The maximum absolute atomic E-state index is 14.0. The minimum absolute atomic E-state index is 0.0762. The number of carbonyl (C=O) groups excluding carboxylic acids is 1. The molecule has 0 aliphatic rings. The van der Waals surface area contributed by atoms with Crippen molar-refractivity contribution in [3.05, 3.63) is 70.4 Å². The third kappa shape index (κ3) is 3.84. The van der Waals surface area contributed by atoms with Crippen LogP contribution in [-0.4, -0.2) is 30.3 Å². The van der Waals surface area contributed by atoms with Crippen molar-refractivity contribution in [3.8, 4) is 17.2 Å². The first-order valence-corrected chi connectivity index (χ1v) is 9.36. The van der Waals surface area contributed by atoms with E-state index in [0.29, 0.717) is 16.3 Å². The van der Waals surface area contributed by atoms with Crippen molar-refractivity contribution < 1.29 is 13.6 Å². The lowest BCUT2D eigenvalue weighted by atomic mass is 10.2. The summed E-state index contributed by atoms with van der Waals surface area (Å²) in [5, 5.41) is 11.3. The summed E-state index contributed by atoms with van der Waals surface area (Å²) in [6.45, 7) is 1.63. The average Bonchev–Trinajstić information content (AvgIpc) is 3.30. The fourth-order valence-corrected chi connectivity index (χ4v) is 3.25. The third-order valence-corrected chi connectivity index (χ3v) is 4.88. The number of anilines is 1. The summed E-state index contributed by atoms with van der Waals surface area (Å²) < 4.78 is 32.9. The van der Waals surface area contributed by atoms with Gasteiger partial charge in [0.2, 0.25) is 5.13 Å². The molecule has 4 aromatic rings. The van der Waals surface area contributed by atoms with E-state index in [1.807, 2.05) is 0 Å². The SMILES string of the molecule is Cc1c(-c2nsc(NC(=O)c3ccc(Cl)cc3)n2)nnn1-c1cc(F)ccc1F. The van der Waals surface area contributed by atoms with Crippen LogP contribution in [0.3, 0.4) is 0 Å². The van der Waals surface area contributed by atoms with Crippen molar-refractivity contribution in [1.29, 1.82) is 0 Å². The molecule has 0 spiro atoms. The first-order chi connectivity index (χ1) is 13.9. The average molecular weight is 433 g/mol. The van der Waals surface area contributed by atoms with E-state index in [1.54, 1.807) is 31.2 Å². The number of halogens is 3. The molecular formula is C18H11ClF2N6OS. The van der Waals surface area contributed by atoms with Gasteiger partial charge in [-0.1, -0.05) is 16.8 Å². The minimum Gasteiger partial charge on any atom is -0.297 e. The molecule has 1 N–H and O–H groups in total. The second-order valence-electron chi connectivity index (χ2n) is 5.92. The normalized spacial score (nSPS) is 10.9. The number of aromatic nitrogens is 5. The number of hydrogen-bond donors (Lipinski definition) is 1. The monoisotopic (exact) mass is 432 g/mol. The number of carbonyl (C=O) groups is 1. The molecule has 0 unspecified atom stereocenters. The molecule has 0 saturated carbocycles. The van der Waals surface area contributed by atoms with Crippen molar-refractivity contribution >= 4 is 34.2 Å². The number of hydrogen-bond acceptors (Lipinski definition) is 6. The largest absolute Gasteiger partial charge is 0.297 e. The van der Waals surface area contributed by atoms with Gasteiger partial charge in [-0.15, -0.1) is 5.10 Å². The molecule has 2 aromatic carbocycles. The Morgan fingerprint density at radius 2 is 1.93 bits per heavy atom. The van der Waals surface area contributed by atoms with Gasteiger partial charge >= 0.3 is 0 Å². The molecule has 146 valence electrons. The lowest BCUT2D eigenvalue weighted by Crippen LogP contribution is -2.11. The van der Waals surface area contributed by atoms with Gasteiger partial charge in [0.15, 0.2) is 11.5 Å². The second-order valence-corrected chi connectivity index (χ2v) is 7.10. The molecule has 0 atom stereocenters. The number of amides is 1. The summed E-state index contributed by atoms with van der Waals surface area (Å²) in [5.74, 6) is -1.40. The third-order valence-electron chi connectivity index (χ3n) is 4.00. The molecule has 0 aliphatic carbocycles. The van der Waals surface area contributed by atoms with Gasteiger partial charge in [-0.3, -0.25) is 10.1 Å². The molecule has 7 nitrogen and oxygen atoms in total. The Hall–Kier alpha value is -3.24. The van der Waals surface area contributed by atoms with Crippen LogP contribution < -0.4 is 5.32 Å². The molecule has 0 aliphatic heterocycles. The Balaban J connectivity index is 1.59. The quantitative estimate of drug-likeness (QED) is 0.520. The minimum atomic E-state index is -0.645. The van der Waals surface area contributed by atoms with Crippen molar-refractivity contribution in [2.75, 3.05) is 5.32 Å². The molecule has 2 heterocycles. The van der Waals surface area contributed by atoms with Crippen LogP contribution in [0.2, 0.25) is 5.02 Å². The van der Waals surface area contributed by atoms with E-state index in [4.69, 9.17) is 11.6 Å². The summed E-state index contributed by atoms with van der Waals surface area (Å²) >= 11 is 6.78. The van der Waals surface area contributed by atoms with E-state index in [1.165, 1.54) is 4.68 Å². The molecule has 0 radical (unpaired) electrons. The number of benzene rings is 2. The Bertz CT molecular complexity index is 1210. The van der Waals surface area contributed by atoms with E-state index in [0.717, 1.165) is 29.7 Å². The van der Waals surface area contributed by atoms with Gasteiger partial charge in [0, 0.05) is 28.2 Å². The van der Waals surface area contributed by atoms with Crippen molar-refractivity contribution in [2.45, 2.75) is 6.92 Å². The highest BCUT2D eigenvalue weighted by Crippen LogP contribution is 2.25. The van der Waals surface area contributed by atoms with Crippen LogP contribution >= 0.6 is 23.1 Å². The van der Waals surface area contributed by atoms with Crippen LogP contribution in [0.25, 0.3) is 17.2 Å². The fourth-order valence-electron chi connectivity index (χ4n) is 2.55. The highest BCUT2D eigenvalue weighted by molar-refractivity contribution is 7.10. The lowest BCUT2D eigenvalue weighted by Gasteiger charge is -2.04. The predicted molar refractivity (Wildman–Crippen MR) is 104 cm³/mol. The molecular weight excluding hydrogens is 422 g/mol. The molecule has 11 heteroatoms. The Morgan fingerprint density at radius 1 is 1.17 bits per heavy atom. The standard InChI is InChI=1S/C18H11ClF2N6OS/c1-9-15(24-26-27(9)14-8-12(20)6-7-13(14)21)16-22-18(29-25-16)23-17(28)10-2-4-11(19)5-3-10/h2-8H,1H3,(H,22,23,25,28). The summed E-state index contributed by atoms with van der Waals surface area (Å²) in [6, 6.07) is 9.43. The number of rotatable bonds is 4. The van der Waals surface area contributed by atoms with Gasteiger partial charge in [0.25, 0.3) is 5.91 Å². The number of nitrogens with one attached hydrogen (secondary N) is 1. The van der Waals surface area contributed by atoms with Crippen molar-refractivity contribution in [3.63, 3.8) is 0 Å². The molecule has 29 heavy (non-hydrogen) atoms. The summed E-state index contributed by atoms with van der Waals surface area (Å²) in [6.07, 6.45) is 0. The zero-order valence-electron chi connectivity index (χ0n) is 14.7. The maximum atomic E-state index is 14.0. The van der Waals surface area contributed by atoms with E-state index >= 15 is 0 Å². The van der Waals surface area contributed by atoms with Gasteiger partial charge in [0.1, 0.15) is 17.3 Å². The molecule has 0 fully saturated rings. The summed E-state index contributed by atoms with van der Waals surface area (Å²) in [4.78, 5) is 16.5. The van der Waals surface area contributed by atoms with Gasteiger partial charge < -0.3 is 0 Å². The summed E-state index contributed by atoms with van der Waals surface area (Å²) in [7, 11) is 0. The second kappa shape index (κ2) is 7.64. The topological polar surface area (TPSA) is 85.6 Å². The van der Waals surface area contributed by atoms with Crippen molar-refractivity contribution in [2.24, 2.45) is 0 Å². The van der Waals surface area contributed by atoms with E-state index in [2.05, 4.69) is 25.0 Å². The lowest BCUT2D eigenvalue weighted by molar-refractivity contribution is 0.102. The predicted octanol–water partition coefficient (Wildman–Crippen LogP) is 4.28. The van der Waals surface area contributed by atoms with Crippen LogP contribution in [-0.2, 0) is 0 Å². The fraction of sp³-hybridized carbons (Fsp3) is 0.0556.